The van der Waals surface area contributed by atoms with Gasteiger partial charge >= 0.3 is 5.97 Å². The summed E-state index contributed by atoms with van der Waals surface area (Å²) < 4.78 is 11.9. The molecule has 1 aromatic carbocycles. The summed E-state index contributed by atoms with van der Waals surface area (Å²) in [4.78, 5) is 28.0. The van der Waals surface area contributed by atoms with E-state index < -0.39 is 11.6 Å². The molecule has 1 unspecified atom stereocenters. The monoisotopic (exact) mass is 426 g/mol. The van der Waals surface area contributed by atoms with Crippen LogP contribution in [-0.4, -0.2) is 34.2 Å². The molecular formula is C24H30N2O5. The van der Waals surface area contributed by atoms with E-state index in [2.05, 4.69) is 10.3 Å². The molecule has 1 amide bonds. The Hall–Kier alpha value is -3.09. The number of nitrogens with one attached hydrogen (secondary N) is 1. The van der Waals surface area contributed by atoms with E-state index in [-0.39, 0.29) is 18.9 Å². The molecule has 2 N–H and O–H groups in total. The highest BCUT2D eigenvalue weighted by molar-refractivity contribution is 5.90. The molecular weight excluding hydrogens is 396 g/mol. The van der Waals surface area contributed by atoms with Crippen LogP contribution >= 0.6 is 0 Å². The predicted molar refractivity (Wildman–Crippen MR) is 118 cm³/mol. The summed E-state index contributed by atoms with van der Waals surface area (Å²) in [5.41, 5.74) is 4.91. The number of carboxylic acids is 1. The lowest BCUT2D eigenvalue weighted by atomic mass is 9.85. The van der Waals surface area contributed by atoms with Crippen molar-refractivity contribution in [3.05, 3.63) is 45.6 Å². The Morgan fingerprint density at radius 3 is 2.52 bits per heavy atom. The van der Waals surface area contributed by atoms with Gasteiger partial charge in [0.15, 0.2) is 6.61 Å². The van der Waals surface area contributed by atoms with E-state index in [1.807, 2.05) is 53.7 Å². The minimum absolute atomic E-state index is 0.143. The third-order valence-corrected chi connectivity index (χ3v) is 5.80. The van der Waals surface area contributed by atoms with Gasteiger partial charge in [-0.3, -0.25) is 4.79 Å². The van der Waals surface area contributed by atoms with Gasteiger partial charge in [-0.05, 0) is 88.8 Å². The van der Waals surface area contributed by atoms with Crippen LogP contribution < -0.4 is 14.8 Å². The van der Waals surface area contributed by atoms with Gasteiger partial charge in [-0.1, -0.05) is 0 Å². The number of pyridine rings is 1. The van der Waals surface area contributed by atoms with Crippen LogP contribution in [-0.2, 0) is 16.0 Å². The number of hydrogen-bond donors (Lipinski definition) is 2. The van der Waals surface area contributed by atoms with Crippen LogP contribution in [0.15, 0.2) is 12.1 Å². The van der Waals surface area contributed by atoms with Crippen molar-refractivity contribution in [1.82, 2.24) is 4.98 Å². The predicted octanol–water partition coefficient (Wildman–Crippen LogP) is 4.20. The molecule has 0 bridgehead atoms. The van der Waals surface area contributed by atoms with Crippen LogP contribution in [0.3, 0.4) is 0 Å². The third-order valence-electron chi connectivity index (χ3n) is 5.80. The summed E-state index contributed by atoms with van der Waals surface area (Å²) in [5.74, 6) is 0.761. The molecule has 7 heteroatoms. The van der Waals surface area contributed by atoms with Crippen LogP contribution in [0, 0.1) is 34.6 Å². The number of fused-ring (bicyclic) bond motifs is 1. The van der Waals surface area contributed by atoms with Crippen molar-refractivity contribution in [2.24, 2.45) is 0 Å². The highest BCUT2D eigenvalue weighted by Gasteiger charge is 2.36. The van der Waals surface area contributed by atoms with Gasteiger partial charge in [0.2, 0.25) is 5.91 Å². The maximum Gasteiger partial charge on any atom is 0.341 e. The number of amides is 1. The van der Waals surface area contributed by atoms with Crippen molar-refractivity contribution in [2.75, 3.05) is 11.9 Å². The number of carbonyl (C=O) groups excluding carboxylic acids is 1. The van der Waals surface area contributed by atoms with E-state index in [4.69, 9.17) is 14.6 Å². The van der Waals surface area contributed by atoms with Gasteiger partial charge < -0.3 is 19.9 Å². The summed E-state index contributed by atoms with van der Waals surface area (Å²) in [7, 11) is 0. The average Bonchev–Trinajstić information content (AvgIpc) is 2.64. The molecule has 1 atom stereocenters. The second-order valence-corrected chi connectivity index (χ2v) is 8.64. The third kappa shape index (κ3) is 4.98. The molecule has 0 fully saturated rings. The van der Waals surface area contributed by atoms with Gasteiger partial charge in [-0.2, -0.15) is 0 Å². The number of ether oxygens (including phenoxy) is 2. The molecule has 1 aliphatic heterocycles. The maximum atomic E-state index is 12.7. The van der Waals surface area contributed by atoms with Crippen molar-refractivity contribution in [1.29, 1.82) is 0 Å². The molecule has 2 heterocycles. The van der Waals surface area contributed by atoms with Gasteiger partial charge in [0, 0.05) is 11.3 Å². The Morgan fingerprint density at radius 2 is 1.87 bits per heavy atom. The number of benzene rings is 1. The Bertz CT molecular complexity index is 1030. The number of carboxylic acid groups (broad SMARTS) is 1. The van der Waals surface area contributed by atoms with E-state index in [0.29, 0.717) is 18.0 Å². The van der Waals surface area contributed by atoms with Crippen molar-refractivity contribution in [2.45, 2.75) is 66.4 Å². The lowest BCUT2D eigenvalue weighted by Gasteiger charge is -2.37. The quantitative estimate of drug-likeness (QED) is 0.718. The van der Waals surface area contributed by atoms with E-state index >= 15 is 0 Å². The first kappa shape index (κ1) is 22.6. The Kier molecular flexibility index (Phi) is 6.25. The van der Waals surface area contributed by atoms with E-state index in [0.717, 1.165) is 45.7 Å². The van der Waals surface area contributed by atoms with Crippen molar-refractivity contribution >= 4 is 17.7 Å². The minimum atomic E-state index is -1.01. The van der Waals surface area contributed by atoms with Gasteiger partial charge in [0.25, 0.3) is 0 Å². The zero-order chi connectivity index (χ0) is 22.9. The first-order chi connectivity index (χ1) is 14.5. The van der Waals surface area contributed by atoms with Gasteiger partial charge in [-0.25, -0.2) is 9.78 Å². The molecule has 2 aromatic rings. The average molecular weight is 427 g/mol. The summed E-state index contributed by atoms with van der Waals surface area (Å²) >= 11 is 0. The van der Waals surface area contributed by atoms with E-state index in [9.17, 15) is 9.59 Å². The SMILES string of the molecule is Cc1cc(C)nc(NC(=O)CC2(C)CCc3c(C)c(OCC(=O)O)c(C)c(C)c3O2)c1. The Balaban J connectivity index is 1.80. The molecule has 7 nitrogen and oxygen atoms in total. The van der Waals surface area contributed by atoms with Crippen LogP contribution in [0.1, 0.15) is 53.3 Å². The van der Waals surface area contributed by atoms with Crippen molar-refractivity contribution in [3.63, 3.8) is 0 Å². The normalized spacial score (nSPS) is 17.5. The second-order valence-electron chi connectivity index (χ2n) is 8.64. The maximum absolute atomic E-state index is 12.7. The number of nitrogens with zero attached hydrogens (tertiary/aromatic N) is 1. The van der Waals surface area contributed by atoms with Gasteiger partial charge in [0.1, 0.15) is 22.9 Å². The summed E-state index contributed by atoms with van der Waals surface area (Å²) in [6.45, 7) is 11.2. The van der Waals surface area contributed by atoms with Crippen LogP contribution in [0.5, 0.6) is 11.5 Å². The molecule has 0 radical (unpaired) electrons. The lowest BCUT2D eigenvalue weighted by molar-refractivity contribution is -0.139. The molecule has 3 rings (SSSR count). The molecule has 0 saturated carbocycles. The minimum Gasteiger partial charge on any atom is -0.486 e. The summed E-state index contributed by atoms with van der Waals surface area (Å²) in [6, 6.07) is 3.81. The molecule has 1 aromatic heterocycles. The fourth-order valence-electron chi connectivity index (χ4n) is 4.19. The molecule has 0 aliphatic carbocycles. The smallest absolute Gasteiger partial charge is 0.341 e. The zero-order valence-electron chi connectivity index (χ0n) is 19.0. The summed E-state index contributed by atoms with van der Waals surface area (Å²) in [5, 5.41) is 11.8. The first-order valence-electron chi connectivity index (χ1n) is 10.4. The second kappa shape index (κ2) is 8.57. The highest BCUT2D eigenvalue weighted by Crippen LogP contribution is 2.44. The Labute approximate surface area is 182 Å². The van der Waals surface area contributed by atoms with Gasteiger partial charge in [-0.15, -0.1) is 0 Å². The molecule has 0 saturated heterocycles. The van der Waals surface area contributed by atoms with Crippen molar-refractivity contribution in [3.8, 4) is 11.5 Å². The van der Waals surface area contributed by atoms with Crippen LogP contribution in [0.4, 0.5) is 5.82 Å². The van der Waals surface area contributed by atoms with Crippen molar-refractivity contribution < 1.29 is 24.2 Å². The zero-order valence-corrected chi connectivity index (χ0v) is 19.0. The fraction of sp³-hybridized carbons (Fsp3) is 0.458. The molecule has 166 valence electrons. The lowest BCUT2D eigenvalue weighted by Crippen LogP contribution is -2.40. The van der Waals surface area contributed by atoms with E-state index in [1.165, 1.54) is 0 Å². The number of aryl methyl sites for hydroxylation is 2. The topological polar surface area (TPSA) is 97.8 Å². The van der Waals surface area contributed by atoms with E-state index in [1.54, 1.807) is 0 Å². The number of carbonyl (C=O) groups is 2. The van der Waals surface area contributed by atoms with Crippen LogP contribution in [0.25, 0.3) is 0 Å². The fourth-order valence-corrected chi connectivity index (χ4v) is 4.19. The number of anilines is 1. The number of aliphatic carboxylic acids is 1. The molecule has 31 heavy (non-hydrogen) atoms. The molecule has 1 aliphatic rings. The highest BCUT2D eigenvalue weighted by atomic mass is 16.5. The largest absolute Gasteiger partial charge is 0.486 e. The number of hydrogen-bond acceptors (Lipinski definition) is 5. The summed E-state index contributed by atoms with van der Waals surface area (Å²) in [6.07, 6.45) is 1.59. The number of rotatable bonds is 6. The standard InChI is InChI=1S/C24H30N2O5/c1-13-9-14(2)25-19(10-13)26-20(27)11-24(6)8-7-18-17(5)22(30-12-21(28)29)15(3)16(4)23(18)31-24/h9-10H,7-8,11-12H2,1-6H3,(H,28,29)(H,25,26,27). The number of aromatic nitrogens is 1. The van der Waals surface area contributed by atoms with Gasteiger partial charge in [0.05, 0.1) is 6.42 Å². The molecule has 0 spiro atoms. The first-order valence-corrected chi connectivity index (χ1v) is 10.4. The van der Waals surface area contributed by atoms with Crippen LogP contribution in [0.2, 0.25) is 0 Å². The Morgan fingerprint density at radius 1 is 1.16 bits per heavy atom.